The van der Waals surface area contributed by atoms with Crippen molar-refractivity contribution in [2.75, 3.05) is 13.1 Å². The maximum atomic E-state index is 5.55. The summed E-state index contributed by atoms with van der Waals surface area (Å²) < 4.78 is 0. The number of nitrogens with zero attached hydrogens (tertiary/aromatic N) is 1. The molecular weight excluding hydrogens is 184 g/mol. The van der Waals surface area contributed by atoms with Crippen molar-refractivity contribution in [3.8, 4) is 0 Å². The number of hydrogen-bond donors (Lipinski definition) is 1. The molecule has 1 aliphatic rings. The van der Waals surface area contributed by atoms with Gasteiger partial charge in [-0.15, -0.1) is 0 Å². The van der Waals surface area contributed by atoms with Crippen LogP contribution in [0.25, 0.3) is 11.8 Å². The van der Waals surface area contributed by atoms with Crippen molar-refractivity contribution in [1.29, 1.82) is 0 Å². The Kier molecular flexibility index (Phi) is 2.60. The Morgan fingerprint density at radius 1 is 1.40 bits per heavy atom. The molecule has 1 aromatic carbocycles. The van der Waals surface area contributed by atoms with Gasteiger partial charge < -0.3 is 10.6 Å². The van der Waals surface area contributed by atoms with Gasteiger partial charge in [-0.2, -0.15) is 0 Å². The van der Waals surface area contributed by atoms with Crippen molar-refractivity contribution in [2.45, 2.75) is 6.92 Å². The van der Waals surface area contributed by atoms with Crippen LogP contribution >= 0.6 is 0 Å². The van der Waals surface area contributed by atoms with Crippen molar-refractivity contribution >= 4 is 11.8 Å². The third kappa shape index (κ3) is 1.68. The second-order valence-electron chi connectivity index (χ2n) is 3.78. The Morgan fingerprint density at radius 3 is 2.93 bits per heavy atom. The van der Waals surface area contributed by atoms with E-state index >= 15 is 0 Å². The van der Waals surface area contributed by atoms with Gasteiger partial charge in [0.15, 0.2) is 0 Å². The SMILES string of the molecule is C=C1c2cccc(C)c2C=CN1CCN. The van der Waals surface area contributed by atoms with Gasteiger partial charge in [0.25, 0.3) is 0 Å². The van der Waals surface area contributed by atoms with E-state index in [1.165, 1.54) is 16.7 Å². The molecule has 0 atom stereocenters. The van der Waals surface area contributed by atoms with E-state index in [2.05, 4.69) is 48.9 Å². The maximum absolute atomic E-state index is 5.55. The second-order valence-corrected chi connectivity index (χ2v) is 3.78. The molecule has 0 radical (unpaired) electrons. The summed E-state index contributed by atoms with van der Waals surface area (Å²) in [4.78, 5) is 2.10. The van der Waals surface area contributed by atoms with Gasteiger partial charge in [-0.25, -0.2) is 0 Å². The highest BCUT2D eigenvalue weighted by Gasteiger charge is 2.14. The van der Waals surface area contributed by atoms with Crippen molar-refractivity contribution in [1.82, 2.24) is 4.90 Å². The van der Waals surface area contributed by atoms with Gasteiger partial charge in [0.1, 0.15) is 0 Å². The minimum atomic E-state index is 0.643. The lowest BCUT2D eigenvalue weighted by molar-refractivity contribution is 0.541. The van der Waals surface area contributed by atoms with Crippen LogP contribution in [0.15, 0.2) is 31.0 Å². The van der Waals surface area contributed by atoms with Gasteiger partial charge in [-0.1, -0.05) is 24.8 Å². The molecule has 0 unspecified atom stereocenters. The van der Waals surface area contributed by atoms with Crippen LogP contribution < -0.4 is 5.73 Å². The molecule has 2 heteroatoms. The summed E-state index contributed by atoms with van der Waals surface area (Å²) in [5, 5.41) is 0. The zero-order valence-corrected chi connectivity index (χ0v) is 9.03. The fourth-order valence-electron chi connectivity index (χ4n) is 1.91. The lowest BCUT2D eigenvalue weighted by Crippen LogP contribution is -2.25. The fraction of sp³-hybridized carbons (Fsp3) is 0.231. The zero-order valence-electron chi connectivity index (χ0n) is 9.03. The summed E-state index contributed by atoms with van der Waals surface area (Å²) in [6.07, 6.45) is 4.19. The lowest BCUT2D eigenvalue weighted by atomic mass is 9.97. The van der Waals surface area contributed by atoms with E-state index in [1.807, 2.05) is 0 Å². The molecule has 0 saturated carbocycles. The number of nitrogens with two attached hydrogens (primary N) is 1. The monoisotopic (exact) mass is 200 g/mol. The van der Waals surface area contributed by atoms with Crippen molar-refractivity contribution in [3.05, 3.63) is 47.7 Å². The minimum absolute atomic E-state index is 0.643. The van der Waals surface area contributed by atoms with E-state index < -0.39 is 0 Å². The largest absolute Gasteiger partial charge is 0.347 e. The molecular formula is C13H16N2. The Labute approximate surface area is 90.7 Å². The van der Waals surface area contributed by atoms with E-state index in [1.54, 1.807) is 0 Å². The highest BCUT2D eigenvalue weighted by molar-refractivity contribution is 5.77. The van der Waals surface area contributed by atoms with Gasteiger partial charge in [-0.05, 0) is 24.1 Å². The number of benzene rings is 1. The molecule has 0 amide bonds. The van der Waals surface area contributed by atoms with Gasteiger partial charge in [0.2, 0.25) is 0 Å². The lowest BCUT2D eigenvalue weighted by Gasteiger charge is -2.27. The van der Waals surface area contributed by atoms with Crippen molar-refractivity contribution < 1.29 is 0 Å². The Hall–Kier alpha value is -1.54. The molecule has 0 saturated heterocycles. The van der Waals surface area contributed by atoms with Crippen LogP contribution in [-0.2, 0) is 0 Å². The molecule has 1 aromatic rings. The smallest absolute Gasteiger partial charge is 0.0413 e. The van der Waals surface area contributed by atoms with Crippen LogP contribution in [0, 0.1) is 6.92 Å². The van der Waals surface area contributed by atoms with Crippen LogP contribution in [0.2, 0.25) is 0 Å². The summed E-state index contributed by atoms with van der Waals surface area (Å²) in [6.45, 7) is 7.70. The first kappa shape index (κ1) is 9.99. The van der Waals surface area contributed by atoms with Crippen LogP contribution in [0.4, 0.5) is 0 Å². The van der Waals surface area contributed by atoms with Crippen LogP contribution in [0.5, 0.6) is 0 Å². The molecule has 0 fully saturated rings. The molecule has 15 heavy (non-hydrogen) atoms. The van der Waals surface area contributed by atoms with E-state index in [9.17, 15) is 0 Å². The summed E-state index contributed by atoms with van der Waals surface area (Å²) in [5.74, 6) is 0. The predicted molar refractivity (Wildman–Crippen MR) is 65.0 cm³/mol. The molecule has 2 rings (SSSR count). The highest BCUT2D eigenvalue weighted by Crippen LogP contribution is 2.29. The van der Waals surface area contributed by atoms with Gasteiger partial charge in [-0.3, -0.25) is 0 Å². The summed E-state index contributed by atoms with van der Waals surface area (Å²) in [5.41, 5.74) is 10.4. The first-order chi connectivity index (χ1) is 7.24. The molecule has 1 aliphatic heterocycles. The summed E-state index contributed by atoms with van der Waals surface area (Å²) in [6, 6.07) is 6.30. The van der Waals surface area contributed by atoms with E-state index in [0.29, 0.717) is 6.54 Å². The van der Waals surface area contributed by atoms with Gasteiger partial charge in [0, 0.05) is 30.5 Å². The maximum Gasteiger partial charge on any atom is 0.0413 e. The Morgan fingerprint density at radius 2 is 2.20 bits per heavy atom. The van der Waals surface area contributed by atoms with Crippen LogP contribution in [-0.4, -0.2) is 18.0 Å². The molecule has 2 N–H and O–H groups in total. The third-order valence-corrected chi connectivity index (χ3v) is 2.77. The van der Waals surface area contributed by atoms with Crippen LogP contribution in [0.1, 0.15) is 16.7 Å². The van der Waals surface area contributed by atoms with E-state index in [4.69, 9.17) is 5.73 Å². The number of hydrogen-bond acceptors (Lipinski definition) is 2. The van der Waals surface area contributed by atoms with Crippen molar-refractivity contribution in [2.24, 2.45) is 5.73 Å². The molecule has 0 aliphatic carbocycles. The first-order valence-corrected chi connectivity index (χ1v) is 5.18. The standard InChI is InChI=1S/C13H16N2/c1-10-4-3-5-13-11(2)15(9-7-14)8-6-12(10)13/h3-6,8H,2,7,9,14H2,1H3. The number of aryl methyl sites for hydroxylation is 1. The Bertz CT molecular complexity index is 419. The first-order valence-electron chi connectivity index (χ1n) is 5.18. The molecule has 0 bridgehead atoms. The van der Waals surface area contributed by atoms with Gasteiger partial charge in [0.05, 0.1) is 0 Å². The van der Waals surface area contributed by atoms with E-state index in [0.717, 1.165) is 12.2 Å². The number of rotatable bonds is 2. The average molecular weight is 200 g/mol. The third-order valence-electron chi connectivity index (χ3n) is 2.77. The molecule has 2 nitrogen and oxygen atoms in total. The molecule has 0 spiro atoms. The highest BCUT2D eigenvalue weighted by atomic mass is 15.1. The predicted octanol–water partition coefficient (Wildman–Crippen LogP) is 2.21. The summed E-state index contributed by atoms with van der Waals surface area (Å²) in [7, 11) is 0. The fourth-order valence-corrected chi connectivity index (χ4v) is 1.91. The van der Waals surface area contributed by atoms with Gasteiger partial charge >= 0.3 is 0 Å². The normalized spacial score (nSPS) is 14.3. The van der Waals surface area contributed by atoms with Crippen LogP contribution in [0.3, 0.4) is 0 Å². The van der Waals surface area contributed by atoms with Crippen molar-refractivity contribution in [3.63, 3.8) is 0 Å². The van der Waals surface area contributed by atoms with E-state index in [-0.39, 0.29) is 0 Å². The zero-order chi connectivity index (χ0) is 10.8. The Balaban J connectivity index is 2.42. The molecule has 0 aromatic heterocycles. The molecule has 78 valence electrons. The minimum Gasteiger partial charge on any atom is -0.347 e. The average Bonchev–Trinajstić information content (AvgIpc) is 2.23. The second kappa shape index (κ2) is 3.91. The molecule has 1 heterocycles. The quantitative estimate of drug-likeness (QED) is 0.793. The number of fused-ring (bicyclic) bond motifs is 1. The topological polar surface area (TPSA) is 29.3 Å². The summed E-state index contributed by atoms with van der Waals surface area (Å²) >= 11 is 0.